The van der Waals surface area contributed by atoms with Crippen LogP contribution in [0.4, 0.5) is 5.69 Å². The quantitative estimate of drug-likeness (QED) is 0.604. The Bertz CT molecular complexity index is 1140. The van der Waals surface area contributed by atoms with Crippen molar-refractivity contribution in [2.45, 2.75) is 18.1 Å². The molecule has 3 aromatic carbocycles. The minimum atomic E-state index is -0.380. The molecule has 4 unspecified atom stereocenters. The van der Waals surface area contributed by atoms with E-state index in [1.54, 1.807) is 21.3 Å². The molecule has 0 aromatic heterocycles. The lowest BCUT2D eigenvalue weighted by Crippen LogP contribution is -2.41. The van der Waals surface area contributed by atoms with Crippen LogP contribution >= 0.6 is 0 Å². The standard InChI is InChI=1S/C26H27N3O4/c1-31-18-11-9-16(10-12-18)23-22-24(28-27-23)26(30)29(17-7-5-4-6-8-17)25(22)20-14-13-19(32-2)15-21(20)33-3/h4-15,22-25,27-28H,1-3H3. The molecule has 0 aliphatic carbocycles. The molecule has 1 amide bonds. The lowest BCUT2D eigenvalue weighted by molar-refractivity contribution is -0.119. The van der Waals surface area contributed by atoms with E-state index in [1.807, 2.05) is 77.7 Å². The maximum absolute atomic E-state index is 13.7. The van der Waals surface area contributed by atoms with Crippen LogP contribution < -0.4 is 30.0 Å². The predicted molar refractivity (Wildman–Crippen MR) is 125 cm³/mol. The van der Waals surface area contributed by atoms with E-state index in [9.17, 15) is 4.79 Å². The molecule has 0 spiro atoms. The molecule has 0 saturated carbocycles. The first-order chi connectivity index (χ1) is 16.2. The number of para-hydroxylation sites is 1. The molecule has 2 aliphatic rings. The van der Waals surface area contributed by atoms with Gasteiger partial charge in [0.05, 0.1) is 33.4 Å². The fourth-order valence-electron chi connectivity index (χ4n) is 5.02. The highest BCUT2D eigenvalue weighted by atomic mass is 16.5. The highest BCUT2D eigenvalue weighted by Gasteiger charge is 2.56. The number of carbonyl (C=O) groups excluding carboxylic acids is 1. The van der Waals surface area contributed by atoms with Crippen LogP contribution in [0.25, 0.3) is 0 Å². The average molecular weight is 446 g/mol. The summed E-state index contributed by atoms with van der Waals surface area (Å²) >= 11 is 0. The normalized spacial score (nSPS) is 24.0. The van der Waals surface area contributed by atoms with Gasteiger partial charge in [-0.15, -0.1) is 0 Å². The number of nitrogens with one attached hydrogen (secondary N) is 2. The van der Waals surface area contributed by atoms with Crippen molar-refractivity contribution < 1.29 is 19.0 Å². The molecule has 2 fully saturated rings. The van der Waals surface area contributed by atoms with Crippen LogP contribution in [0.2, 0.25) is 0 Å². The minimum absolute atomic E-state index is 0.0255. The summed E-state index contributed by atoms with van der Waals surface area (Å²) in [5.41, 5.74) is 9.51. The van der Waals surface area contributed by atoms with Gasteiger partial charge in [-0.05, 0) is 42.0 Å². The lowest BCUT2D eigenvalue weighted by atomic mass is 9.83. The van der Waals surface area contributed by atoms with E-state index in [4.69, 9.17) is 14.2 Å². The Balaban J connectivity index is 1.64. The van der Waals surface area contributed by atoms with Gasteiger partial charge in [0.2, 0.25) is 5.91 Å². The number of nitrogens with zero attached hydrogens (tertiary/aromatic N) is 1. The van der Waals surface area contributed by atoms with Gasteiger partial charge in [-0.1, -0.05) is 30.3 Å². The molecule has 33 heavy (non-hydrogen) atoms. The van der Waals surface area contributed by atoms with E-state index in [2.05, 4.69) is 10.9 Å². The van der Waals surface area contributed by atoms with Gasteiger partial charge in [-0.2, -0.15) is 0 Å². The predicted octanol–water partition coefficient (Wildman–Crippen LogP) is 3.63. The molecule has 5 rings (SSSR count). The molecule has 3 aromatic rings. The number of hydrogen-bond donors (Lipinski definition) is 2. The maximum atomic E-state index is 13.7. The van der Waals surface area contributed by atoms with Gasteiger partial charge in [0.15, 0.2) is 0 Å². The number of methoxy groups -OCH3 is 3. The van der Waals surface area contributed by atoms with E-state index in [1.165, 1.54) is 0 Å². The number of fused-ring (bicyclic) bond motifs is 1. The first-order valence-corrected chi connectivity index (χ1v) is 10.9. The number of hydrogen-bond acceptors (Lipinski definition) is 6. The Morgan fingerprint density at radius 2 is 1.42 bits per heavy atom. The zero-order chi connectivity index (χ0) is 22.9. The molecule has 7 nitrogen and oxygen atoms in total. The summed E-state index contributed by atoms with van der Waals surface area (Å²) in [6, 6.07) is 22.8. The van der Waals surface area contributed by atoms with Gasteiger partial charge < -0.3 is 19.1 Å². The fraction of sp³-hybridized carbons (Fsp3) is 0.269. The Labute approximate surface area is 193 Å². The smallest absolute Gasteiger partial charge is 0.246 e. The van der Waals surface area contributed by atoms with Crippen molar-refractivity contribution in [2.24, 2.45) is 5.92 Å². The van der Waals surface area contributed by atoms with Crippen LogP contribution in [-0.2, 0) is 4.79 Å². The van der Waals surface area contributed by atoms with Crippen LogP contribution in [-0.4, -0.2) is 33.3 Å². The summed E-state index contributed by atoms with van der Waals surface area (Å²) in [4.78, 5) is 15.6. The van der Waals surface area contributed by atoms with Crippen LogP contribution in [0.1, 0.15) is 23.2 Å². The number of amides is 1. The molecule has 2 N–H and O–H groups in total. The van der Waals surface area contributed by atoms with Gasteiger partial charge in [-0.3, -0.25) is 4.79 Å². The summed E-state index contributed by atoms with van der Waals surface area (Å²) in [5.74, 6) is 2.14. The zero-order valence-corrected chi connectivity index (χ0v) is 18.8. The zero-order valence-electron chi connectivity index (χ0n) is 18.8. The van der Waals surface area contributed by atoms with Gasteiger partial charge in [0, 0.05) is 23.2 Å². The van der Waals surface area contributed by atoms with E-state index in [0.29, 0.717) is 11.5 Å². The second-order valence-corrected chi connectivity index (χ2v) is 8.19. The summed E-state index contributed by atoms with van der Waals surface area (Å²) in [6.07, 6.45) is 0. The fourth-order valence-corrected chi connectivity index (χ4v) is 5.02. The van der Waals surface area contributed by atoms with Gasteiger partial charge in [0.1, 0.15) is 23.3 Å². The largest absolute Gasteiger partial charge is 0.497 e. The second-order valence-electron chi connectivity index (χ2n) is 8.19. The lowest BCUT2D eigenvalue weighted by Gasteiger charge is -2.32. The third-order valence-corrected chi connectivity index (χ3v) is 6.58. The number of rotatable bonds is 6. The van der Waals surface area contributed by atoms with Gasteiger partial charge in [-0.25, -0.2) is 10.9 Å². The highest BCUT2D eigenvalue weighted by molar-refractivity contribution is 6.01. The summed E-state index contributed by atoms with van der Waals surface area (Å²) < 4.78 is 16.5. The Morgan fingerprint density at radius 1 is 0.758 bits per heavy atom. The van der Waals surface area contributed by atoms with E-state index >= 15 is 0 Å². The third-order valence-electron chi connectivity index (χ3n) is 6.58. The van der Waals surface area contributed by atoms with Crippen molar-refractivity contribution in [2.75, 3.05) is 26.2 Å². The first-order valence-electron chi connectivity index (χ1n) is 10.9. The van der Waals surface area contributed by atoms with Crippen molar-refractivity contribution in [3.05, 3.63) is 83.9 Å². The molecule has 7 heteroatoms. The Kier molecular flexibility index (Phi) is 5.66. The molecule has 170 valence electrons. The van der Waals surface area contributed by atoms with Crippen LogP contribution in [0.3, 0.4) is 0 Å². The second kappa shape index (κ2) is 8.77. The van der Waals surface area contributed by atoms with Crippen molar-refractivity contribution in [1.29, 1.82) is 0 Å². The molecular formula is C26H27N3O4. The summed E-state index contributed by atoms with van der Waals surface area (Å²) in [7, 11) is 4.93. The Hall–Kier alpha value is -3.55. The third kappa shape index (κ3) is 3.59. The van der Waals surface area contributed by atoms with Crippen LogP contribution in [0, 0.1) is 5.92 Å². The van der Waals surface area contributed by atoms with Crippen LogP contribution in [0.5, 0.6) is 17.2 Å². The number of carbonyl (C=O) groups is 1. The first kappa shape index (κ1) is 21.3. The number of anilines is 1. The summed E-state index contributed by atoms with van der Waals surface area (Å²) in [5, 5.41) is 0. The van der Waals surface area contributed by atoms with Crippen molar-refractivity contribution in [1.82, 2.24) is 10.9 Å². The van der Waals surface area contributed by atoms with Crippen molar-refractivity contribution >= 4 is 11.6 Å². The molecule has 2 aliphatic heterocycles. The SMILES string of the molecule is COc1ccc(C2NNC3C(=O)N(c4ccccc4)C(c4ccc(OC)cc4OC)C32)cc1. The minimum Gasteiger partial charge on any atom is -0.497 e. The molecule has 4 atom stereocenters. The van der Waals surface area contributed by atoms with E-state index < -0.39 is 0 Å². The number of ether oxygens (including phenoxy) is 3. The molecule has 0 bridgehead atoms. The van der Waals surface area contributed by atoms with Crippen molar-refractivity contribution in [3.63, 3.8) is 0 Å². The van der Waals surface area contributed by atoms with Crippen molar-refractivity contribution in [3.8, 4) is 17.2 Å². The molecule has 2 saturated heterocycles. The molecule has 0 radical (unpaired) electrons. The number of hydrazine groups is 1. The van der Waals surface area contributed by atoms with Gasteiger partial charge >= 0.3 is 0 Å². The highest BCUT2D eigenvalue weighted by Crippen LogP contribution is 2.51. The van der Waals surface area contributed by atoms with Crippen LogP contribution in [0.15, 0.2) is 72.8 Å². The average Bonchev–Trinajstić information content (AvgIpc) is 3.43. The van der Waals surface area contributed by atoms with E-state index in [-0.39, 0.29) is 30.0 Å². The van der Waals surface area contributed by atoms with Gasteiger partial charge in [0.25, 0.3) is 0 Å². The summed E-state index contributed by atoms with van der Waals surface area (Å²) in [6.45, 7) is 0. The molecular weight excluding hydrogens is 418 g/mol. The monoisotopic (exact) mass is 445 g/mol. The molecule has 2 heterocycles. The topological polar surface area (TPSA) is 72.1 Å². The van der Waals surface area contributed by atoms with E-state index in [0.717, 1.165) is 22.6 Å². The maximum Gasteiger partial charge on any atom is 0.246 e. The number of benzene rings is 3. The Morgan fingerprint density at radius 3 is 2.09 bits per heavy atom.